The van der Waals surface area contributed by atoms with Crippen LogP contribution in [-0.2, 0) is 28.5 Å². The molecule has 0 unspecified atom stereocenters. The Morgan fingerprint density at radius 2 is 1.84 bits per heavy atom. The summed E-state index contributed by atoms with van der Waals surface area (Å²) in [6, 6.07) is -0.248. The van der Waals surface area contributed by atoms with E-state index >= 15 is 0 Å². The standard InChI is InChI=1S/C29H46N2O7/c1-20(9-12-23-15-29(19-36-29)18-28(6,7)38-23)10-14-25-34-16-22(17-35-25)30-24(32)13-11-21(2)37-26(33)31(8)27(3,4)5/h9-13,21-23,25H,14-19H2,1-8H3,(H,30,32)/b12-9+,13-11-,20-10+/t21-,22-,23+,25+,29+/m0/s1. The highest BCUT2D eigenvalue weighted by Gasteiger charge is 2.53. The molecule has 0 radical (unpaired) electrons. The SMILES string of the molecule is CC(/C=C/[C@@H]1C[C@]2(CO2)CC(C)(C)O1)=C\C[C@H]1OC[C@@H](NC(=O)/C=C\[C@H](C)OC(=O)N(C)C(C)(C)C)CO1. The third kappa shape index (κ3) is 9.52. The van der Waals surface area contributed by atoms with Crippen molar-refractivity contribution in [3.63, 3.8) is 0 Å². The van der Waals surface area contributed by atoms with Crippen LogP contribution in [0.4, 0.5) is 4.79 Å². The van der Waals surface area contributed by atoms with E-state index in [0.29, 0.717) is 19.6 Å². The molecule has 0 aromatic rings. The molecule has 0 aliphatic carbocycles. The van der Waals surface area contributed by atoms with E-state index in [1.807, 2.05) is 27.7 Å². The highest BCUT2D eigenvalue weighted by Crippen LogP contribution is 2.46. The van der Waals surface area contributed by atoms with Crippen molar-refractivity contribution in [2.24, 2.45) is 0 Å². The van der Waals surface area contributed by atoms with Crippen LogP contribution >= 0.6 is 0 Å². The number of allylic oxidation sites excluding steroid dienone is 2. The molecule has 1 spiro atoms. The first-order valence-corrected chi connectivity index (χ1v) is 13.5. The van der Waals surface area contributed by atoms with Crippen LogP contribution in [0.25, 0.3) is 0 Å². The maximum Gasteiger partial charge on any atom is 0.410 e. The number of hydrogen-bond acceptors (Lipinski definition) is 7. The molecule has 3 aliphatic rings. The second-order valence-corrected chi connectivity index (χ2v) is 12.3. The highest BCUT2D eigenvalue weighted by atomic mass is 16.7. The summed E-state index contributed by atoms with van der Waals surface area (Å²) < 4.78 is 28.9. The first-order valence-electron chi connectivity index (χ1n) is 13.5. The van der Waals surface area contributed by atoms with Gasteiger partial charge in [0.25, 0.3) is 0 Å². The quantitative estimate of drug-likeness (QED) is 0.282. The normalized spacial score (nSPS) is 30.4. The van der Waals surface area contributed by atoms with Crippen LogP contribution in [-0.4, -0.2) is 85.0 Å². The number of epoxide rings is 1. The van der Waals surface area contributed by atoms with Gasteiger partial charge in [0.15, 0.2) is 6.29 Å². The van der Waals surface area contributed by atoms with Gasteiger partial charge in [-0.1, -0.05) is 23.8 Å². The van der Waals surface area contributed by atoms with Crippen molar-refractivity contribution in [1.82, 2.24) is 10.2 Å². The molecule has 3 saturated heterocycles. The van der Waals surface area contributed by atoms with Crippen LogP contribution in [0.15, 0.2) is 36.0 Å². The number of nitrogens with zero attached hydrogens (tertiary/aromatic N) is 1. The van der Waals surface area contributed by atoms with E-state index in [0.717, 1.165) is 25.0 Å². The van der Waals surface area contributed by atoms with Gasteiger partial charge in [0, 0.05) is 37.9 Å². The predicted molar refractivity (Wildman–Crippen MR) is 145 cm³/mol. The lowest BCUT2D eigenvalue weighted by molar-refractivity contribution is -0.187. The Labute approximate surface area is 227 Å². The van der Waals surface area contributed by atoms with E-state index in [2.05, 4.69) is 37.4 Å². The van der Waals surface area contributed by atoms with E-state index in [4.69, 9.17) is 23.7 Å². The zero-order chi connectivity index (χ0) is 28.1. The molecule has 3 heterocycles. The molecule has 1 N–H and O–H groups in total. The van der Waals surface area contributed by atoms with Gasteiger partial charge in [-0.15, -0.1) is 0 Å². The van der Waals surface area contributed by atoms with Crippen LogP contribution in [0, 0.1) is 0 Å². The minimum absolute atomic E-state index is 0.00802. The van der Waals surface area contributed by atoms with Crippen LogP contribution in [0.2, 0.25) is 0 Å². The fraction of sp³-hybridized carbons (Fsp3) is 0.724. The Balaban J connectivity index is 1.35. The van der Waals surface area contributed by atoms with Gasteiger partial charge in [-0.25, -0.2) is 4.79 Å². The Morgan fingerprint density at radius 3 is 2.45 bits per heavy atom. The van der Waals surface area contributed by atoms with Gasteiger partial charge in [0.1, 0.15) is 6.10 Å². The maximum absolute atomic E-state index is 12.3. The summed E-state index contributed by atoms with van der Waals surface area (Å²) in [7, 11) is 1.68. The Morgan fingerprint density at radius 1 is 1.18 bits per heavy atom. The molecule has 2 amide bonds. The Kier molecular flexibility index (Phi) is 9.84. The van der Waals surface area contributed by atoms with E-state index in [-0.39, 0.29) is 41.1 Å². The Bertz CT molecular complexity index is 916. The molecule has 38 heavy (non-hydrogen) atoms. The number of ether oxygens (including phenoxy) is 5. The van der Waals surface area contributed by atoms with Gasteiger partial charge in [-0.05, 0) is 54.5 Å². The van der Waals surface area contributed by atoms with Gasteiger partial charge in [0.2, 0.25) is 5.91 Å². The summed E-state index contributed by atoms with van der Waals surface area (Å²) in [6.07, 6.45) is 10.4. The Hall–Kier alpha value is -2.20. The van der Waals surface area contributed by atoms with Crippen molar-refractivity contribution in [3.05, 3.63) is 36.0 Å². The minimum Gasteiger partial charge on any atom is -0.442 e. The second-order valence-electron chi connectivity index (χ2n) is 12.3. The van der Waals surface area contributed by atoms with Crippen molar-refractivity contribution in [1.29, 1.82) is 0 Å². The van der Waals surface area contributed by atoms with E-state index in [1.54, 1.807) is 20.0 Å². The third-order valence-corrected chi connectivity index (χ3v) is 6.95. The number of carbonyl (C=O) groups is 2. The number of nitrogens with one attached hydrogen (secondary N) is 1. The topological polar surface area (TPSA) is 98.9 Å². The van der Waals surface area contributed by atoms with Crippen LogP contribution in [0.5, 0.6) is 0 Å². The zero-order valence-corrected chi connectivity index (χ0v) is 24.2. The fourth-order valence-corrected chi connectivity index (χ4v) is 4.53. The number of amides is 2. The highest BCUT2D eigenvalue weighted by molar-refractivity contribution is 5.87. The number of rotatable bonds is 8. The predicted octanol–water partition coefficient (Wildman–Crippen LogP) is 4.27. The summed E-state index contributed by atoms with van der Waals surface area (Å²) in [5.74, 6) is -0.292. The molecule has 3 rings (SSSR count). The lowest BCUT2D eigenvalue weighted by Gasteiger charge is -2.38. The van der Waals surface area contributed by atoms with E-state index in [9.17, 15) is 9.59 Å². The van der Waals surface area contributed by atoms with Gasteiger partial charge < -0.3 is 33.9 Å². The van der Waals surface area contributed by atoms with Gasteiger partial charge in [0.05, 0.1) is 43.2 Å². The van der Waals surface area contributed by atoms with Crippen molar-refractivity contribution in [2.45, 2.75) is 109 Å². The van der Waals surface area contributed by atoms with Crippen LogP contribution < -0.4 is 5.32 Å². The van der Waals surface area contributed by atoms with Crippen molar-refractivity contribution >= 4 is 12.0 Å². The first-order chi connectivity index (χ1) is 17.7. The molecule has 3 aliphatic heterocycles. The molecule has 3 atom stereocenters. The molecule has 0 aromatic carbocycles. The van der Waals surface area contributed by atoms with Crippen molar-refractivity contribution in [3.8, 4) is 0 Å². The molecule has 214 valence electrons. The number of hydrogen-bond donors (Lipinski definition) is 1. The monoisotopic (exact) mass is 534 g/mol. The smallest absolute Gasteiger partial charge is 0.410 e. The molecule has 0 saturated carbocycles. The van der Waals surface area contributed by atoms with Gasteiger partial charge >= 0.3 is 6.09 Å². The molecule has 9 nitrogen and oxygen atoms in total. The molecule has 0 aromatic heterocycles. The minimum atomic E-state index is -0.537. The molecule has 3 fully saturated rings. The van der Waals surface area contributed by atoms with E-state index in [1.165, 1.54) is 11.0 Å². The average molecular weight is 535 g/mol. The second kappa shape index (κ2) is 12.3. The third-order valence-electron chi connectivity index (χ3n) is 6.95. The number of carbonyl (C=O) groups excluding carboxylic acids is 2. The molecule has 9 heteroatoms. The summed E-state index contributed by atoms with van der Waals surface area (Å²) in [4.78, 5) is 26.0. The van der Waals surface area contributed by atoms with Gasteiger partial charge in [-0.3, -0.25) is 4.79 Å². The maximum atomic E-state index is 12.3. The summed E-state index contributed by atoms with van der Waals surface area (Å²) in [6.45, 7) is 15.3. The molecule has 0 bridgehead atoms. The lowest BCUT2D eigenvalue weighted by atomic mass is 9.85. The summed E-state index contributed by atoms with van der Waals surface area (Å²) in [5, 5.41) is 2.86. The molecular weight excluding hydrogens is 488 g/mol. The average Bonchev–Trinajstić information content (AvgIpc) is 3.56. The summed E-state index contributed by atoms with van der Waals surface area (Å²) in [5.41, 5.74) is 0.590. The van der Waals surface area contributed by atoms with Crippen molar-refractivity contribution in [2.75, 3.05) is 26.9 Å². The molecular formula is C29H46N2O7. The lowest BCUT2D eigenvalue weighted by Crippen LogP contribution is -2.46. The van der Waals surface area contributed by atoms with E-state index < -0.39 is 12.2 Å². The van der Waals surface area contributed by atoms with Crippen molar-refractivity contribution < 1.29 is 33.3 Å². The summed E-state index contributed by atoms with van der Waals surface area (Å²) >= 11 is 0. The zero-order valence-electron chi connectivity index (χ0n) is 24.2. The van der Waals surface area contributed by atoms with Crippen LogP contribution in [0.3, 0.4) is 0 Å². The first kappa shape index (κ1) is 30.3. The fourth-order valence-electron chi connectivity index (χ4n) is 4.53. The van der Waals surface area contributed by atoms with Crippen LogP contribution in [0.1, 0.15) is 67.7 Å². The largest absolute Gasteiger partial charge is 0.442 e. The van der Waals surface area contributed by atoms with Gasteiger partial charge in [-0.2, -0.15) is 0 Å².